The van der Waals surface area contributed by atoms with Crippen LogP contribution in [0.5, 0.6) is 0 Å². The number of carbonyl (C=O) groups is 1. The van der Waals surface area contributed by atoms with Gasteiger partial charge < -0.3 is 9.32 Å². The first-order valence-electron chi connectivity index (χ1n) is 11.7. The summed E-state index contributed by atoms with van der Waals surface area (Å²) in [4.78, 5) is 26.4. The van der Waals surface area contributed by atoms with Gasteiger partial charge in [0.05, 0.1) is 10.6 Å². The molecule has 0 N–H and O–H groups in total. The fourth-order valence-corrected chi connectivity index (χ4v) is 4.61. The van der Waals surface area contributed by atoms with Gasteiger partial charge in [0.2, 0.25) is 0 Å². The molecule has 8 heteroatoms. The maximum atomic E-state index is 13.6. The van der Waals surface area contributed by atoms with Crippen LogP contribution in [0, 0.1) is 23.0 Å². The molecule has 35 heavy (non-hydrogen) atoms. The molecule has 0 atom stereocenters. The van der Waals surface area contributed by atoms with E-state index in [2.05, 4.69) is 29.4 Å². The number of nitro groups is 1. The molecular weight excluding hydrogens is 444 g/mol. The highest BCUT2D eigenvalue weighted by Gasteiger charge is 2.28. The Morgan fingerprint density at radius 2 is 1.83 bits per heavy atom. The van der Waals surface area contributed by atoms with E-state index >= 15 is 0 Å². The lowest BCUT2D eigenvalue weighted by Gasteiger charge is -2.32. The standard InChI is InChI=1S/C27H26N4O4/c1-19-10-11-26(35-19)24-18-25(30(28-24)22-8-5-9-23(17-22)31(33)34)27(32)29-14-12-21(13-15-29)16-20-6-3-2-4-7-20/h2-11,17-18,21H,12-16H2,1H3. The average Bonchev–Trinajstić information content (AvgIpc) is 3.51. The number of non-ortho nitro benzene ring substituents is 1. The number of piperidine rings is 1. The first kappa shape index (κ1) is 22.6. The number of nitrogens with zero attached hydrogens (tertiary/aromatic N) is 4. The zero-order chi connectivity index (χ0) is 24.4. The van der Waals surface area contributed by atoms with Crippen LogP contribution < -0.4 is 0 Å². The highest BCUT2D eigenvalue weighted by molar-refractivity contribution is 5.94. The molecule has 2 aromatic heterocycles. The molecule has 1 saturated heterocycles. The van der Waals surface area contributed by atoms with Crippen molar-refractivity contribution >= 4 is 11.6 Å². The minimum atomic E-state index is -0.456. The molecule has 1 amide bonds. The lowest BCUT2D eigenvalue weighted by Crippen LogP contribution is -2.39. The van der Waals surface area contributed by atoms with Crippen LogP contribution in [0.25, 0.3) is 17.1 Å². The highest BCUT2D eigenvalue weighted by Crippen LogP contribution is 2.28. The smallest absolute Gasteiger partial charge is 0.272 e. The third-order valence-electron chi connectivity index (χ3n) is 6.48. The van der Waals surface area contributed by atoms with Crippen molar-refractivity contribution in [2.45, 2.75) is 26.2 Å². The van der Waals surface area contributed by atoms with Crippen LogP contribution in [0.15, 0.2) is 77.2 Å². The fraction of sp³-hybridized carbons (Fsp3) is 0.259. The van der Waals surface area contributed by atoms with E-state index in [0.717, 1.165) is 25.0 Å². The van der Waals surface area contributed by atoms with E-state index in [1.54, 1.807) is 24.3 Å². The number of carbonyl (C=O) groups excluding carboxylic acids is 1. The minimum absolute atomic E-state index is 0.0616. The number of aryl methyl sites for hydroxylation is 1. The van der Waals surface area contributed by atoms with Gasteiger partial charge in [0.15, 0.2) is 5.76 Å². The normalized spacial score (nSPS) is 14.3. The van der Waals surface area contributed by atoms with Crippen molar-refractivity contribution in [3.05, 3.63) is 99.9 Å². The molecule has 0 saturated carbocycles. The van der Waals surface area contributed by atoms with E-state index < -0.39 is 4.92 Å². The van der Waals surface area contributed by atoms with Crippen LogP contribution >= 0.6 is 0 Å². The molecule has 0 bridgehead atoms. The molecule has 1 aliphatic heterocycles. The second kappa shape index (κ2) is 9.58. The maximum Gasteiger partial charge on any atom is 0.272 e. The third kappa shape index (κ3) is 4.87. The van der Waals surface area contributed by atoms with Gasteiger partial charge in [-0.05, 0) is 55.9 Å². The summed E-state index contributed by atoms with van der Waals surface area (Å²) < 4.78 is 7.21. The summed E-state index contributed by atoms with van der Waals surface area (Å²) in [6, 6.07) is 21.9. The second-order valence-electron chi connectivity index (χ2n) is 8.94. The van der Waals surface area contributed by atoms with Gasteiger partial charge in [-0.3, -0.25) is 14.9 Å². The van der Waals surface area contributed by atoms with Gasteiger partial charge in [-0.1, -0.05) is 36.4 Å². The Balaban J connectivity index is 1.41. The Kier molecular flexibility index (Phi) is 6.18. The molecule has 0 radical (unpaired) electrons. The topological polar surface area (TPSA) is 94.4 Å². The molecular formula is C27H26N4O4. The summed E-state index contributed by atoms with van der Waals surface area (Å²) in [5, 5.41) is 15.9. The zero-order valence-corrected chi connectivity index (χ0v) is 19.5. The van der Waals surface area contributed by atoms with Crippen molar-refractivity contribution in [2.24, 2.45) is 5.92 Å². The van der Waals surface area contributed by atoms with Gasteiger partial charge in [0.1, 0.15) is 17.1 Å². The predicted molar refractivity (Wildman–Crippen MR) is 131 cm³/mol. The molecule has 5 rings (SSSR count). The van der Waals surface area contributed by atoms with Crippen molar-refractivity contribution in [3.63, 3.8) is 0 Å². The number of likely N-dealkylation sites (tertiary alicyclic amines) is 1. The number of rotatable bonds is 6. The monoisotopic (exact) mass is 470 g/mol. The van der Waals surface area contributed by atoms with Crippen molar-refractivity contribution in [3.8, 4) is 17.1 Å². The summed E-state index contributed by atoms with van der Waals surface area (Å²) in [5.74, 6) is 1.67. The van der Waals surface area contributed by atoms with E-state index in [0.29, 0.717) is 41.8 Å². The number of hydrogen-bond acceptors (Lipinski definition) is 5. The number of nitro benzene ring substituents is 1. The molecule has 0 unspecified atom stereocenters. The SMILES string of the molecule is Cc1ccc(-c2cc(C(=O)N3CCC(Cc4ccccc4)CC3)n(-c3cccc([N+](=O)[O-])c3)n2)o1. The van der Waals surface area contributed by atoms with E-state index in [1.165, 1.54) is 22.4 Å². The molecule has 0 aliphatic carbocycles. The first-order chi connectivity index (χ1) is 17.0. The molecule has 0 spiro atoms. The van der Waals surface area contributed by atoms with Crippen LogP contribution in [0.3, 0.4) is 0 Å². The van der Waals surface area contributed by atoms with E-state index in [1.807, 2.05) is 24.0 Å². The Morgan fingerprint density at radius 3 is 2.51 bits per heavy atom. The van der Waals surface area contributed by atoms with Crippen LogP contribution in [0.1, 0.15) is 34.7 Å². The van der Waals surface area contributed by atoms with Crippen molar-refractivity contribution in [2.75, 3.05) is 13.1 Å². The molecule has 4 aromatic rings. The van der Waals surface area contributed by atoms with Crippen LogP contribution in [0.2, 0.25) is 0 Å². The summed E-state index contributed by atoms with van der Waals surface area (Å²) in [6.45, 7) is 3.16. The number of aromatic nitrogens is 2. The van der Waals surface area contributed by atoms with Crippen LogP contribution in [-0.2, 0) is 6.42 Å². The summed E-state index contributed by atoms with van der Waals surface area (Å²) in [5.41, 5.74) is 2.58. The number of benzene rings is 2. The van der Waals surface area contributed by atoms with Crippen molar-refractivity contribution in [1.82, 2.24) is 14.7 Å². The molecule has 1 aliphatic rings. The van der Waals surface area contributed by atoms with Crippen molar-refractivity contribution in [1.29, 1.82) is 0 Å². The van der Waals surface area contributed by atoms with E-state index in [4.69, 9.17) is 4.42 Å². The third-order valence-corrected chi connectivity index (χ3v) is 6.48. The van der Waals surface area contributed by atoms with Crippen molar-refractivity contribution < 1.29 is 14.1 Å². The maximum absolute atomic E-state index is 13.6. The molecule has 8 nitrogen and oxygen atoms in total. The van der Waals surface area contributed by atoms with Gasteiger partial charge in [0.25, 0.3) is 11.6 Å². The lowest BCUT2D eigenvalue weighted by atomic mass is 9.90. The summed E-state index contributed by atoms with van der Waals surface area (Å²) in [6.07, 6.45) is 2.86. The highest BCUT2D eigenvalue weighted by atomic mass is 16.6. The Labute approximate surface area is 202 Å². The predicted octanol–water partition coefficient (Wildman–Crippen LogP) is 5.44. The van der Waals surface area contributed by atoms with Gasteiger partial charge in [-0.2, -0.15) is 5.10 Å². The Morgan fingerprint density at radius 1 is 1.06 bits per heavy atom. The minimum Gasteiger partial charge on any atom is -0.460 e. The quantitative estimate of drug-likeness (QED) is 0.276. The van der Waals surface area contributed by atoms with Gasteiger partial charge in [0, 0.05) is 31.3 Å². The van der Waals surface area contributed by atoms with Crippen LogP contribution in [-0.4, -0.2) is 38.6 Å². The Bertz CT molecular complexity index is 1350. The first-order valence-corrected chi connectivity index (χ1v) is 11.7. The lowest BCUT2D eigenvalue weighted by molar-refractivity contribution is -0.384. The molecule has 1 fully saturated rings. The number of amides is 1. The molecule has 3 heterocycles. The van der Waals surface area contributed by atoms with Crippen LogP contribution in [0.4, 0.5) is 5.69 Å². The summed E-state index contributed by atoms with van der Waals surface area (Å²) >= 11 is 0. The second-order valence-corrected chi connectivity index (χ2v) is 8.94. The van der Waals surface area contributed by atoms with E-state index in [-0.39, 0.29) is 11.6 Å². The average molecular weight is 471 g/mol. The van der Waals surface area contributed by atoms with Gasteiger partial charge >= 0.3 is 0 Å². The van der Waals surface area contributed by atoms with Gasteiger partial charge in [-0.15, -0.1) is 0 Å². The Hall–Kier alpha value is -4.20. The fourth-order valence-electron chi connectivity index (χ4n) is 4.61. The zero-order valence-electron chi connectivity index (χ0n) is 19.5. The number of furan rings is 1. The summed E-state index contributed by atoms with van der Waals surface area (Å²) in [7, 11) is 0. The molecule has 178 valence electrons. The van der Waals surface area contributed by atoms with Gasteiger partial charge in [-0.25, -0.2) is 4.68 Å². The largest absolute Gasteiger partial charge is 0.460 e. The van der Waals surface area contributed by atoms with E-state index in [9.17, 15) is 14.9 Å². The number of hydrogen-bond donors (Lipinski definition) is 0. The molecule has 2 aromatic carbocycles.